The Morgan fingerprint density at radius 1 is 1.32 bits per heavy atom. The summed E-state index contributed by atoms with van der Waals surface area (Å²) < 4.78 is 19.4. The van der Waals surface area contributed by atoms with Crippen LogP contribution in [0.2, 0.25) is 0 Å². The van der Waals surface area contributed by atoms with E-state index in [1.807, 2.05) is 24.3 Å². The molecule has 0 spiro atoms. The molecule has 2 aromatic carbocycles. The molecule has 0 unspecified atom stereocenters. The minimum absolute atomic E-state index is 0.113. The van der Waals surface area contributed by atoms with Crippen LogP contribution in [0.5, 0.6) is 5.75 Å². The third-order valence-corrected chi connectivity index (χ3v) is 4.71. The fourth-order valence-corrected chi connectivity index (χ4v) is 3.41. The number of nitrogens with one attached hydrogen (secondary N) is 1. The van der Waals surface area contributed by atoms with Crippen LogP contribution in [0.4, 0.5) is 4.39 Å². The molecule has 0 heterocycles. The summed E-state index contributed by atoms with van der Waals surface area (Å²) >= 11 is 0. The molecular formula is C20H23FN2O2. The molecule has 3 rings (SSSR count). The monoisotopic (exact) mass is 342 g/mol. The maximum atomic E-state index is 14.1. The number of ether oxygens (including phenoxy) is 1. The Bertz CT molecular complexity index is 763. The van der Waals surface area contributed by atoms with Crippen molar-refractivity contribution in [3.05, 3.63) is 65.0 Å². The Kier molecular flexibility index (Phi) is 5.34. The molecular weight excluding hydrogens is 319 g/mol. The van der Waals surface area contributed by atoms with Gasteiger partial charge in [0.2, 0.25) is 0 Å². The van der Waals surface area contributed by atoms with Crippen LogP contribution < -0.4 is 15.8 Å². The van der Waals surface area contributed by atoms with Crippen molar-refractivity contribution in [1.82, 2.24) is 5.32 Å². The van der Waals surface area contributed by atoms with Crippen molar-refractivity contribution in [1.29, 1.82) is 0 Å². The highest BCUT2D eigenvalue weighted by molar-refractivity contribution is 5.75. The first-order chi connectivity index (χ1) is 12.0. The second kappa shape index (κ2) is 7.66. The molecule has 0 aliphatic heterocycles. The molecule has 0 saturated carbocycles. The van der Waals surface area contributed by atoms with E-state index < -0.39 is 5.91 Å². The fourth-order valence-electron chi connectivity index (χ4n) is 3.41. The van der Waals surface area contributed by atoms with E-state index in [-0.39, 0.29) is 18.5 Å². The normalized spacial score (nSPS) is 19.3. The van der Waals surface area contributed by atoms with Gasteiger partial charge in [0, 0.05) is 12.6 Å². The Hall–Kier alpha value is -2.40. The standard InChI is InChI=1S/C20H23FN2O2/c1-13-8-9-16-17(6-3-7-18(16)21)20(13)23-11-14-4-2-5-15(10-14)25-12-19(22)24/h2-7,10,13,20,23H,8-9,11-12H2,1H3,(H2,22,24)/t13-,20-/m1/s1. The molecule has 1 aliphatic rings. The van der Waals surface area contributed by atoms with Gasteiger partial charge in [-0.3, -0.25) is 4.79 Å². The summed E-state index contributed by atoms with van der Waals surface area (Å²) in [6.45, 7) is 2.69. The first-order valence-electron chi connectivity index (χ1n) is 8.55. The van der Waals surface area contributed by atoms with E-state index in [0.717, 1.165) is 29.5 Å². The zero-order valence-corrected chi connectivity index (χ0v) is 14.3. The summed E-state index contributed by atoms with van der Waals surface area (Å²) in [5.41, 5.74) is 8.03. The van der Waals surface area contributed by atoms with Crippen molar-refractivity contribution in [3.8, 4) is 5.75 Å². The molecule has 1 amide bonds. The molecule has 0 radical (unpaired) electrons. The lowest BCUT2D eigenvalue weighted by Gasteiger charge is -2.32. The highest BCUT2D eigenvalue weighted by Crippen LogP contribution is 2.35. The first-order valence-corrected chi connectivity index (χ1v) is 8.55. The average molecular weight is 342 g/mol. The second-order valence-corrected chi connectivity index (χ2v) is 6.58. The predicted octanol–water partition coefficient (Wildman–Crippen LogP) is 3.10. The number of carbonyl (C=O) groups excluding carboxylic acids is 1. The predicted molar refractivity (Wildman–Crippen MR) is 94.6 cm³/mol. The minimum atomic E-state index is -0.502. The molecule has 132 valence electrons. The number of primary amides is 1. The zero-order chi connectivity index (χ0) is 17.8. The molecule has 5 heteroatoms. The number of fused-ring (bicyclic) bond motifs is 1. The van der Waals surface area contributed by atoms with Gasteiger partial charge in [-0.1, -0.05) is 31.2 Å². The molecule has 25 heavy (non-hydrogen) atoms. The average Bonchev–Trinajstić information content (AvgIpc) is 2.60. The highest BCUT2D eigenvalue weighted by atomic mass is 19.1. The van der Waals surface area contributed by atoms with Crippen molar-refractivity contribution in [2.24, 2.45) is 11.7 Å². The molecule has 3 N–H and O–H groups in total. The molecule has 0 bridgehead atoms. The number of amides is 1. The SMILES string of the molecule is C[C@@H]1CCc2c(F)cccc2[C@@H]1NCc1cccc(OCC(N)=O)c1. The van der Waals surface area contributed by atoms with E-state index in [1.165, 1.54) is 6.07 Å². The van der Waals surface area contributed by atoms with Crippen LogP contribution in [0, 0.1) is 11.7 Å². The van der Waals surface area contributed by atoms with Gasteiger partial charge in [-0.25, -0.2) is 4.39 Å². The quantitative estimate of drug-likeness (QED) is 0.848. The largest absolute Gasteiger partial charge is 0.484 e. The van der Waals surface area contributed by atoms with Crippen molar-refractivity contribution >= 4 is 5.91 Å². The van der Waals surface area contributed by atoms with Crippen molar-refractivity contribution in [2.75, 3.05) is 6.61 Å². The van der Waals surface area contributed by atoms with Crippen LogP contribution in [0.15, 0.2) is 42.5 Å². The number of nitrogens with two attached hydrogens (primary N) is 1. The van der Waals surface area contributed by atoms with E-state index in [9.17, 15) is 9.18 Å². The van der Waals surface area contributed by atoms with Gasteiger partial charge in [-0.05, 0) is 53.6 Å². The van der Waals surface area contributed by atoms with Gasteiger partial charge in [0.05, 0.1) is 0 Å². The number of rotatable bonds is 6. The smallest absolute Gasteiger partial charge is 0.255 e. The minimum Gasteiger partial charge on any atom is -0.484 e. The molecule has 0 aromatic heterocycles. The van der Waals surface area contributed by atoms with E-state index in [1.54, 1.807) is 12.1 Å². The summed E-state index contributed by atoms with van der Waals surface area (Å²) in [6, 6.07) is 13.0. The van der Waals surface area contributed by atoms with E-state index >= 15 is 0 Å². The summed E-state index contributed by atoms with van der Waals surface area (Å²) in [6.07, 6.45) is 1.76. The number of hydrogen-bond acceptors (Lipinski definition) is 3. The topological polar surface area (TPSA) is 64.3 Å². The molecule has 2 aromatic rings. The maximum absolute atomic E-state index is 14.1. The van der Waals surface area contributed by atoms with Gasteiger partial charge in [0.25, 0.3) is 5.91 Å². The molecule has 0 fully saturated rings. The Morgan fingerprint density at radius 3 is 2.92 bits per heavy atom. The van der Waals surface area contributed by atoms with E-state index in [2.05, 4.69) is 12.2 Å². The number of carbonyl (C=O) groups is 1. The first kappa shape index (κ1) is 17.4. The van der Waals surface area contributed by atoms with Crippen LogP contribution in [-0.4, -0.2) is 12.5 Å². The van der Waals surface area contributed by atoms with Gasteiger partial charge in [0.15, 0.2) is 6.61 Å². The van der Waals surface area contributed by atoms with Crippen molar-refractivity contribution in [2.45, 2.75) is 32.4 Å². The van der Waals surface area contributed by atoms with Gasteiger partial charge < -0.3 is 15.8 Å². The Labute approximate surface area is 147 Å². The lowest BCUT2D eigenvalue weighted by atomic mass is 9.80. The molecule has 4 nitrogen and oxygen atoms in total. The van der Waals surface area contributed by atoms with E-state index in [0.29, 0.717) is 18.2 Å². The number of hydrogen-bond donors (Lipinski definition) is 2. The van der Waals surface area contributed by atoms with Crippen LogP contribution in [-0.2, 0) is 17.8 Å². The van der Waals surface area contributed by atoms with Gasteiger partial charge in [-0.2, -0.15) is 0 Å². The zero-order valence-electron chi connectivity index (χ0n) is 14.3. The van der Waals surface area contributed by atoms with E-state index in [4.69, 9.17) is 10.5 Å². The van der Waals surface area contributed by atoms with Crippen LogP contribution in [0.1, 0.15) is 36.1 Å². The third kappa shape index (κ3) is 4.17. The van der Waals surface area contributed by atoms with Gasteiger partial charge >= 0.3 is 0 Å². The Balaban J connectivity index is 1.70. The van der Waals surface area contributed by atoms with Crippen molar-refractivity contribution in [3.63, 3.8) is 0 Å². The number of benzene rings is 2. The lowest BCUT2D eigenvalue weighted by molar-refractivity contribution is -0.119. The molecule has 2 atom stereocenters. The Morgan fingerprint density at radius 2 is 2.12 bits per heavy atom. The third-order valence-electron chi connectivity index (χ3n) is 4.71. The maximum Gasteiger partial charge on any atom is 0.255 e. The summed E-state index contributed by atoms with van der Waals surface area (Å²) in [7, 11) is 0. The summed E-state index contributed by atoms with van der Waals surface area (Å²) in [5.74, 6) is 0.432. The number of halogens is 1. The van der Waals surface area contributed by atoms with Gasteiger partial charge in [-0.15, -0.1) is 0 Å². The van der Waals surface area contributed by atoms with Gasteiger partial charge in [0.1, 0.15) is 11.6 Å². The fraction of sp³-hybridized carbons (Fsp3) is 0.350. The van der Waals surface area contributed by atoms with Crippen LogP contribution >= 0.6 is 0 Å². The van der Waals surface area contributed by atoms with Crippen LogP contribution in [0.3, 0.4) is 0 Å². The molecule has 1 aliphatic carbocycles. The summed E-state index contributed by atoms with van der Waals surface area (Å²) in [4.78, 5) is 10.8. The van der Waals surface area contributed by atoms with Crippen LogP contribution in [0.25, 0.3) is 0 Å². The van der Waals surface area contributed by atoms with Crippen molar-refractivity contribution < 1.29 is 13.9 Å². The highest BCUT2D eigenvalue weighted by Gasteiger charge is 2.27. The summed E-state index contributed by atoms with van der Waals surface area (Å²) in [5, 5.41) is 3.55. The second-order valence-electron chi connectivity index (χ2n) is 6.58. The molecule has 0 saturated heterocycles. The lowest BCUT2D eigenvalue weighted by Crippen LogP contribution is -2.31.